The number of ether oxygens (including phenoxy) is 1. The van der Waals surface area contributed by atoms with Crippen molar-refractivity contribution in [2.45, 2.75) is 30.9 Å². The number of carbonyl (C=O) groups is 1. The van der Waals surface area contributed by atoms with Crippen molar-refractivity contribution >= 4 is 17.7 Å². The number of amides is 1. The van der Waals surface area contributed by atoms with Gasteiger partial charge in [0.25, 0.3) is 5.91 Å². The van der Waals surface area contributed by atoms with E-state index in [0.717, 1.165) is 10.7 Å². The van der Waals surface area contributed by atoms with Gasteiger partial charge in [0.2, 0.25) is 0 Å². The molecule has 0 aliphatic rings. The third-order valence-electron chi connectivity index (χ3n) is 4.15. The van der Waals surface area contributed by atoms with Gasteiger partial charge in [-0.25, -0.2) is 4.39 Å². The molecule has 1 aromatic heterocycles. The highest BCUT2D eigenvalue weighted by molar-refractivity contribution is 7.98. The van der Waals surface area contributed by atoms with Crippen LogP contribution in [0.25, 0.3) is 0 Å². The van der Waals surface area contributed by atoms with E-state index >= 15 is 0 Å². The zero-order valence-electron chi connectivity index (χ0n) is 15.7. The van der Waals surface area contributed by atoms with Gasteiger partial charge in [0, 0.05) is 17.9 Å². The summed E-state index contributed by atoms with van der Waals surface area (Å²) in [6.45, 7) is 2.97. The van der Waals surface area contributed by atoms with Gasteiger partial charge in [0.15, 0.2) is 11.0 Å². The van der Waals surface area contributed by atoms with Crippen LogP contribution in [0.5, 0.6) is 5.75 Å². The molecule has 0 spiro atoms. The van der Waals surface area contributed by atoms with E-state index in [0.29, 0.717) is 29.4 Å². The lowest BCUT2D eigenvalue weighted by atomic mass is 10.2. The maximum Gasteiger partial charge on any atom is 0.251 e. The van der Waals surface area contributed by atoms with Crippen LogP contribution in [0.3, 0.4) is 0 Å². The predicted octanol–water partition coefficient (Wildman–Crippen LogP) is 3.67. The number of benzene rings is 2. The highest BCUT2D eigenvalue weighted by Crippen LogP contribution is 2.22. The summed E-state index contributed by atoms with van der Waals surface area (Å²) < 4.78 is 20.1. The SMILES string of the molecule is CCn1c(CNC(=O)c2ccc(OC)cc2)nnc1SCc1ccc(F)cc1. The standard InChI is InChI=1S/C20H21FN4O2S/c1-3-25-18(12-22-19(26)15-6-10-17(27-2)11-7-15)23-24-20(25)28-13-14-4-8-16(21)9-5-14/h4-11H,3,12-13H2,1-2H3,(H,22,26). The van der Waals surface area contributed by atoms with E-state index in [2.05, 4.69) is 15.5 Å². The van der Waals surface area contributed by atoms with Gasteiger partial charge in [-0.15, -0.1) is 10.2 Å². The van der Waals surface area contributed by atoms with Gasteiger partial charge in [-0.3, -0.25) is 4.79 Å². The Balaban J connectivity index is 1.61. The number of hydrogen-bond donors (Lipinski definition) is 1. The Bertz CT molecular complexity index is 926. The molecule has 1 heterocycles. The molecule has 0 aliphatic heterocycles. The molecule has 3 aromatic rings. The molecule has 0 radical (unpaired) electrons. The Morgan fingerprint density at radius 3 is 2.50 bits per heavy atom. The molecule has 0 saturated heterocycles. The Hall–Kier alpha value is -2.87. The Morgan fingerprint density at radius 1 is 1.14 bits per heavy atom. The van der Waals surface area contributed by atoms with Crippen molar-refractivity contribution < 1.29 is 13.9 Å². The van der Waals surface area contributed by atoms with Crippen molar-refractivity contribution in [1.29, 1.82) is 0 Å². The van der Waals surface area contributed by atoms with Crippen molar-refractivity contribution in [1.82, 2.24) is 20.1 Å². The predicted molar refractivity (Wildman–Crippen MR) is 106 cm³/mol. The van der Waals surface area contributed by atoms with Crippen LogP contribution in [-0.2, 0) is 18.8 Å². The second kappa shape index (κ2) is 9.36. The average molecular weight is 400 g/mol. The highest BCUT2D eigenvalue weighted by atomic mass is 32.2. The van der Waals surface area contributed by atoms with Crippen LogP contribution in [0.15, 0.2) is 53.7 Å². The number of rotatable bonds is 8. The van der Waals surface area contributed by atoms with Crippen molar-refractivity contribution in [3.05, 3.63) is 71.3 Å². The maximum absolute atomic E-state index is 13.0. The summed E-state index contributed by atoms with van der Waals surface area (Å²) in [6, 6.07) is 13.3. The summed E-state index contributed by atoms with van der Waals surface area (Å²) in [7, 11) is 1.58. The second-order valence-electron chi connectivity index (χ2n) is 5.97. The fraction of sp³-hybridized carbons (Fsp3) is 0.250. The molecule has 0 fully saturated rings. The van der Waals surface area contributed by atoms with Crippen LogP contribution in [0.2, 0.25) is 0 Å². The van der Waals surface area contributed by atoms with Crippen molar-refractivity contribution in [2.75, 3.05) is 7.11 Å². The number of carbonyl (C=O) groups excluding carboxylic acids is 1. The number of thioether (sulfide) groups is 1. The average Bonchev–Trinajstić information content (AvgIpc) is 3.13. The van der Waals surface area contributed by atoms with E-state index in [-0.39, 0.29) is 18.3 Å². The number of aromatic nitrogens is 3. The van der Waals surface area contributed by atoms with Crippen LogP contribution >= 0.6 is 11.8 Å². The van der Waals surface area contributed by atoms with E-state index in [9.17, 15) is 9.18 Å². The van der Waals surface area contributed by atoms with E-state index in [1.807, 2.05) is 11.5 Å². The third kappa shape index (κ3) is 4.89. The van der Waals surface area contributed by atoms with Gasteiger partial charge in [-0.05, 0) is 48.9 Å². The molecular formula is C20H21FN4O2S. The first-order valence-corrected chi connectivity index (χ1v) is 9.81. The smallest absolute Gasteiger partial charge is 0.251 e. The fourth-order valence-electron chi connectivity index (χ4n) is 2.61. The van der Waals surface area contributed by atoms with Gasteiger partial charge >= 0.3 is 0 Å². The van der Waals surface area contributed by atoms with Crippen LogP contribution < -0.4 is 10.1 Å². The molecule has 6 nitrogen and oxygen atoms in total. The number of methoxy groups -OCH3 is 1. The number of nitrogens with zero attached hydrogens (tertiary/aromatic N) is 3. The van der Waals surface area contributed by atoms with E-state index in [1.54, 1.807) is 43.5 Å². The monoisotopic (exact) mass is 400 g/mol. The molecule has 8 heteroatoms. The van der Waals surface area contributed by atoms with Gasteiger partial charge in [-0.1, -0.05) is 23.9 Å². The Morgan fingerprint density at radius 2 is 1.86 bits per heavy atom. The number of halogens is 1. The van der Waals surface area contributed by atoms with Gasteiger partial charge in [-0.2, -0.15) is 0 Å². The quantitative estimate of drug-likeness (QED) is 0.585. The summed E-state index contributed by atoms with van der Waals surface area (Å²) in [5, 5.41) is 12.1. The minimum Gasteiger partial charge on any atom is -0.497 e. The van der Waals surface area contributed by atoms with Crippen LogP contribution in [-0.4, -0.2) is 27.8 Å². The first-order valence-electron chi connectivity index (χ1n) is 8.82. The van der Waals surface area contributed by atoms with Gasteiger partial charge in [0.05, 0.1) is 13.7 Å². The molecular weight excluding hydrogens is 379 g/mol. The normalized spacial score (nSPS) is 10.7. The topological polar surface area (TPSA) is 69.0 Å². The van der Waals surface area contributed by atoms with E-state index < -0.39 is 0 Å². The molecule has 2 aromatic carbocycles. The Labute approximate surface area is 167 Å². The van der Waals surface area contributed by atoms with Crippen LogP contribution in [0.1, 0.15) is 28.7 Å². The minimum absolute atomic E-state index is 0.186. The lowest BCUT2D eigenvalue weighted by Gasteiger charge is -2.09. The van der Waals surface area contributed by atoms with E-state index in [4.69, 9.17) is 4.74 Å². The minimum atomic E-state index is -0.250. The first-order chi connectivity index (χ1) is 13.6. The number of hydrogen-bond acceptors (Lipinski definition) is 5. The molecule has 0 unspecified atom stereocenters. The van der Waals surface area contributed by atoms with Crippen molar-refractivity contribution in [3.8, 4) is 5.75 Å². The zero-order chi connectivity index (χ0) is 19.9. The molecule has 1 amide bonds. The highest BCUT2D eigenvalue weighted by Gasteiger charge is 2.13. The summed E-state index contributed by atoms with van der Waals surface area (Å²) in [5.74, 6) is 1.61. The van der Waals surface area contributed by atoms with Crippen LogP contribution in [0, 0.1) is 5.82 Å². The largest absolute Gasteiger partial charge is 0.497 e. The van der Waals surface area contributed by atoms with Crippen LogP contribution in [0.4, 0.5) is 4.39 Å². The molecule has 3 rings (SSSR count). The summed E-state index contributed by atoms with van der Waals surface area (Å²) in [4.78, 5) is 12.3. The fourth-order valence-corrected chi connectivity index (χ4v) is 3.58. The summed E-state index contributed by atoms with van der Waals surface area (Å²) >= 11 is 1.53. The molecule has 0 atom stereocenters. The third-order valence-corrected chi connectivity index (χ3v) is 5.19. The lowest BCUT2D eigenvalue weighted by molar-refractivity contribution is 0.0949. The zero-order valence-corrected chi connectivity index (χ0v) is 16.5. The van der Waals surface area contributed by atoms with E-state index in [1.165, 1.54) is 23.9 Å². The molecule has 0 aliphatic carbocycles. The molecule has 1 N–H and O–H groups in total. The number of nitrogens with one attached hydrogen (secondary N) is 1. The van der Waals surface area contributed by atoms with Crippen molar-refractivity contribution in [3.63, 3.8) is 0 Å². The van der Waals surface area contributed by atoms with Gasteiger partial charge < -0.3 is 14.6 Å². The van der Waals surface area contributed by atoms with Crippen molar-refractivity contribution in [2.24, 2.45) is 0 Å². The lowest BCUT2D eigenvalue weighted by Crippen LogP contribution is -2.24. The van der Waals surface area contributed by atoms with Gasteiger partial charge in [0.1, 0.15) is 11.6 Å². The summed E-state index contributed by atoms with van der Waals surface area (Å²) in [5.41, 5.74) is 1.56. The molecule has 0 bridgehead atoms. The second-order valence-corrected chi connectivity index (χ2v) is 6.91. The molecule has 146 valence electrons. The Kier molecular flexibility index (Phi) is 6.65. The molecule has 28 heavy (non-hydrogen) atoms. The first kappa shape index (κ1) is 19.9. The maximum atomic E-state index is 13.0. The molecule has 0 saturated carbocycles. The summed E-state index contributed by atoms with van der Waals surface area (Å²) in [6.07, 6.45) is 0.